The highest BCUT2D eigenvalue weighted by atomic mass is 127. The van der Waals surface area contributed by atoms with E-state index in [0.29, 0.717) is 7.14 Å². The number of hydrogen-bond donors (Lipinski definition) is 0. The fraction of sp³-hybridized carbons (Fsp3) is 0.385. The van der Waals surface area contributed by atoms with Crippen molar-refractivity contribution in [3.8, 4) is 0 Å². The van der Waals surface area contributed by atoms with Crippen LogP contribution >= 0.6 is 67.8 Å². The average molecular weight is 649 g/mol. The first-order valence-corrected chi connectivity index (χ1v) is 9.17. The Morgan fingerprint density at radius 2 is 1.68 bits per heavy atom. The highest BCUT2D eigenvalue weighted by molar-refractivity contribution is 14.1. The molecule has 0 heterocycles. The second-order valence-electron chi connectivity index (χ2n) is 4.70. The Bertz CT molecular complexity index is 605. The molecule has 0 N–H and O–H groups in total. The number of alkyl halides is 2. The first kappa shape index (κ1) is 20.3. The van der Waals surface area contributed by atoms with Gasteiger partial charge in [-0.3, -0.25) is 0 Å². The van der Waals surface area contributed by atoms with E-state index < -0.39 is 29.9 Å². The number of carbonyl (C=O) groups excluding carboxylic acids is 2. The predicted octanol–water partition coefficient (Wildman–Crippen LogP) is 3.07. The molecule has 0 fully saturated rings. The third-order valence-corrected chi connectivity index (χ3v) is 6.67. The van der Waals surface area contributed by atoms with E-state index in [1.54, 1.807) is 12.1 Å². The van der Waals surface area contributed by atoms with Crippen LogP contribution < -0.4 is 5.11 Å². The van der Waals surface area contributed by atoms with Crippen molar-refractivity contribution in [2.75, 3.05) is 0 Å². The molecule has 1 rings (SSSR count). The standard InChI is InChI=1S/C13H11F2I3O4/c1-5(2)10(13(14,15)12(20)21)22-11(19)8-6(16)3-4-7(17)9(8)18/h3-5,10H,1-2H3,(H,20,21)/p-1. The van der Waals surface area contributed by atoms with Gasteiger partial charge in [-0.25, -0.2) is 4.79 Å². The summed E-state index contributed by atoms with van der Waals surface area (Å²) in [6, 6.07) is 3.43. The van der Waals surface area contributed by atoms with Gasteiger partial charge in [-0.15, -0.1) is 0 Å². The molecule has 0 spiro atoms. The van der Waals surface area contributed by atoms with Crippen LogP contribution in [0.5, 0.6) is 0 Å². The van der Waals surface area contributed by atoms with E-state index >= 15 is 0 Å². The highest BCUT2D eigenvalue weighted by Crippen LogP contribution is 2.30. The number of carboxylic acids is 1. The second-order valence-corrected chi connectivity index (χ2v) is 8.10. The van der Waals surface area contributed by atoms with E-state index in [0.717, 1.165) is 3.57 Å². The third kappa shape index (κ3) is 4.39. The first-order chi connectivity index (χ1) is 10.00. The molecule has 0 aromatic heterocycles. The molecular formula is C13H10F2I3O4-. The van der Waals surface area contributed by atoms with Gasteiger partial charge in [0.1, 0.15) is 5.97 Å². The summed E-state index contributed by atoms with van der Waals surface area (Å²) in [5.74, 6) is -8.70. The van der Waals surface area contributed by atoms with Crippen LogP contribution in [0, 0.1) is 16.6 Å². The fourth-order valence-electron chi connectivity index (χ4n) is 1.63. The van der Waals surface area contributed by atoms with Crippen molar-refractivity contribution in [1.82, 2.24) is 0 Å². The van der Waals surface area contributed by atoms with Crippen molar-refractivity contribution >= 4 is 79.7 Å². The van der Waals surface area contributed by atoms with E-state index in [9.17, 15) is 23.5 Å². The number of carboxylic acid groups (broad SMARTS) is 1. The Balaban J connectivity index is 3.19. The Morgan fingerprint density at radius 3 is 2.14 bits per heavy atom. The van der Waals surface area contributed by atoms with Crippen molar-refractivity contribution in [1.29, 1.82) is 0 Å². The minimum absolute atomic E-state index is 0.146. The summed E-state index contributed by atoms with van der Waals surface area (Å²) in [4.78, 5) is 22.9. The largest absolute Gasteiger partial charge is 0.544 e. The number of esters is 1. The Kier molecular flexibility index (Phi) is 7.23. The maximum atomic E-state index is 13.7. The van der Waals surface area contributed by atoms with Crippen molar-refractivity contribution in [2.45, 2.75) is 25.9 Å². The molecule has 9 heteroatoms. The lowest BCUT2D eigenvalue weighted by Crippen LogP contribution is -2.53. The summed E-state index contributed by atoms with van der Waals surface area (Å²) in [5, 5.41) is 10.6. The zero-order valence-corrected chi connectivity index (χ0v) is 17.8. The van der Waals surface area contributed by atoms with Crippen LogP contribution in [-0.4, -0.2) is 24.0 Å². The number of hydrogen-bond acceptors (Lipinski definition) is 4. The fourth-order valence-corrected chi connectivity index (χ4v) is 3.96. The Labute approximate surface area is 166 Å². The summed E-state index contributed by atoms with van der Waals surface area (Å²) in [6.45, 7) is 2.69. The Hall–Kier alpha value is 0.210. The monoisotopic (exact) mass is 649 g/mol. The van der Waals surface area contributed by atoms with Crippen LogP contribution in [0.25, 0.3) is 0 Å². The third-order valence-electron chi connectivity index (χ3n) is 2.72. The van der Waals surface area contributed by atoms with Crippen LogP contribution in [0.1, 0.15) is 24.2 Å². The quantitative estimate of drug-likeness (QED) is 0.280. The number of benzene rings is 1. The summed E-state index contributed by atoms with van der Waals surface area (Å²) in [5.41, 5.74) is 0.146. The maximum absolute atomic E-state index is 13.7. The summed E-state index contributed by atoms with van der Waals surface area (Å²) in [7, 11) is 0. The Morgan fingerprint density at radius 1 is 1.18 bits per heavy atom. The topological polar surface area (TPSA) is 66.4 Å². The van der Waals surface area contributed by atoms with Gasteiger partial charge in [0.05, 0.1) is 5.56 Å². The molecule has 122 valence electrons. The molecule has 0 amide bonds. The molecule has 1 unspecified atom stereocenters. The summed E-state index contributed by atoms with van der Waals surface area (Å²) in [6.07, 6.45) is -2.10. The minimum Gasteiger partial charge on any atom is -0.544 e. The lowest BCUT2D eigenvalue weighted by atomic mass is 10.0. The lowest BCUT2D eigenvalue weighted by molar-refractivity contribution is -0.337. The molecule has 1 aromatic carbocycles. The molecule has 0 bridgehead atoms. The normalized spacial score (nSPS) is 13.1. The molecule has 1 atom stereocenters. The lowest BCUT2D eigenvalue weighted by Gasteiger charge is -2.30. The van der Waals surface area contributed by atoms with Crippen molar-refractivity contribution in [3.63, 3.8) is 0 Å². The van der Waals surface area contributed by atoms with Crippen LogP contribution in [0.15, 0.2) is 12.1 Å². The number of carbonyl (C=O) groups is 2. The molecular weight excluding hydrogens is 639 g/mol. The van der Waals surface area contributed by atoms with Gasteiger partial charge in [-0.2, -0.15) is 8.78 Å². The molecule has 0 aliphatic heterocycles. The van der Waals surface area contributed by atoms with Crippen LogP contribution in [-0.2, 0) is 9.53 Å². The van der Waals surface area contributed by atoms with Crippen molar-refractivity contribution in [2.24, 2.45) is 5.92 Å². The number of halogens is 5. The molecule has 0 saturated heterocycles. The molecule has 0 aliphatic rings. The zero-order valence-electron chi connectivity index (χ0n) is 11.3. The molecule has 1 aromatic rings. The highest BCUT2D eigenvalue weighted by Gasteiger charge is 2.46. The first-order valence-electron chi connectivity index (χ1n) is 5.93. The van der Waals surface area contributed by atoms with Crippen LogP contribution in [0.4, 0.5) is 8.78 Å². The van der Waals surface area contributed by atoms with E-state index in [4.69, 9.17) is 4.74 Å². The second kappa shape index (κ2) is 7.85. The molecule has 4 nitrogen and oxygen atoms in total. The van der Waals surface area contributed by atoms with Crippen molar-refractivity contribution < 1.29 is 28.2 Å². The van der Waals surface area contributed by atoms with Gasteiger partial charge in [-0.1, -0.05) is 13.8 Å². The molecule has 0 saturated carbocycles. The van der Waals surface area contributed by atoms with Gasteiger partial charge >= 0.3 is 11.9 Å². The van der Waals surface area contributed by atoms with Gasteiger partial charge in [0.2, 0.25) is 0 Å². The van der Waals surface area contributed by atoms with Crippen LogP contribution in [0.3, 0.4) is 0 Å². The molecule has 0 aliphatic carbocycles. The van der Waals surface area contributed by atoms with Gasteiger partial charge in [-0.05, 0) is 85.8 Å². The molecule has 22 heavy (non-hydrogen) atoms. The average Bonchev–Trinajstić information content (AvgIpc) is 2.40. The van der Waals surface area contributed by atoms with E-state index in [1.807, 2.05) is 67.8 Å². The van der Waals surface area contributed by atoms with Crippen molar-refractivity contribution in [3.05, 3.63) is 28.4 Å². The van der Waals surface area contributed by atoms with E-state index in [-0.39, 0.29) is 5.56 Å². The zero-order chi connectivity index (χ0) is 17.2. The maximum Gasteiger partial charge on any atom is 0.340 e. The smallest absolute Gasteiger partial charge is 0.340 e. The number of rotatable bonds is 5. The van der Waals surface area contributed by atoms with Gasteiger partial charge < -0.3 is 14.6 Å². The van der Waals surface area contributed by atoms with Gasteiger partial charge in [0, 0.05) is 10.7 Å². The van der Waals surface area contributed by atoms with Crippen LogP contribution in [0.2, 0.25) is 0 Å². The predicted molar refractivity (Wildman–Crippen MR) is 98.6 cm³/mol. The SMILES string of the molecule is CC(C)C(OC(=O)c1c(I)ccc(I)c1I)C(F)(F)C(=O)[O-]. The number of aliphatic carboxylic acids is 1. The summed E-state index contributed by atoms with van der Waals surface area (Å²) >= 11 is 5.81. The summed E-state index contributed by atoms with van der Waals surface area (Å²) < 4.78 is 34.0. The van der Waals surface area contributed by atoms with E-state index in [2.05, 4.69) is 0 Å². The molecule has 0 radical (unpaired) electrons. The van der Waals surface area contributed by atoms with Gasteiger partial charge in [0.25, 0.3) is 0 Å². The van der Waals surface area contributed by atoms with E-state index in [1.165, 1.54) is 13.8 Å². The van der Waals surface area contributed by atoms with Gasteiger partial charge in [0.15, 0.2) is 6.10 Å². The number of ether oxygens (including phenoxy) is 1. The minimum atomic E-state index is -4.26.